The zero-order chi connectivity index (χ0) is 20.8. The molecule has 0 amide bonds. The lowest BCUT2D eigenvalue weighted by atomic mass is 9.93. The Kier molecular flexibility index (Phi) is 4.65. The molecule has 29 heavy (non-hydrogen) atoms. The van der Waals surface area contributed by atoms with Crippen molar-refractivity contribution < 1.29 is 26.7 Å². The highest BCUT2D eigenvalue weighted by atomic mass is 32.1. The van der Waals surface area contributed by atoms with Crippen molar-refractivity contribution in [3.8, 4) is 16.9 Å². The molecule has 0 aromatic heterocycles. The summed E-state index contributed by atoms with van der Waals surface area (Å²) >= 11 is 4.46. The number of hydrogen-bond acceptors (Lipinski definition) is 2. The SMILES string of the molecule is FC(F)(F)C(F)(F)Oc1ccc2ccccc2c1-c1c(S)ccc2ccccc12. The number of ether oxygens (including phenoxy) is 1. The molecule has 148 valence electrons. The highest BCUT2D eigenvalue weighted by Crippen LogP contribution is 2.46. The Morgan fingerprint density at radius 1 is 0.621 bits per heavy atom. The molecular weight excluding hydrogens is 407 g/mol. The van der Waals surface area contributed by atoms with E-state index in [1.807, 2.05) is 12.1 Å². The number of hydrogen-bond donors (Lipinski definition) is 1. The van der Waals surface area contributed by atoms with Crippen molar-refractivity contribution in [1.29, 1.82) is 0 Å². The van der Waals surface area contributed by atoms with Crippen molar-refractivity contribution in [2.75, 3.05) is 0 Å². The van der Waals surface area contributed by atoms with Gasteiger partial charge in [0.05, 0.1) is 0 Å². The highest BCUT2D eigenvalue weighted by Gasteiger charge is 2.61. The van der Waals surface area contributed by atoms with Crippen molar-refractivity contribution in [3.05, 3.63) is 72.8 Å². The molecule has 0 aliphatic heterocycles. The summed E-state index contributed by atoms with van der Waals surface area (Å²) < 4.78 is 70.2. The van der Waals surface area contributed by atoms with Gasteiger partial charge >= 0.3 is 12.3 Å². The van der Waals surface area contributed by atoms with Crippen LogP contribution in [0.2, 0.25) is 0 Å². The van der Waals surface area contributed by atoms with Gasteiger partial charge in [-0.2, -0.15) is 22.0 Å². The molecule has 0 radical (unpaired) electrons. The minimum absolute atomic E-state index is 0.133. The molecule has 0 aliphatic carbocycles. The smallest absolute Gasteiger partial charge is 0.425 e. The lowest BCUT2D eigenvalue weighted by Crippen LogP contribution is -2.42. The van der Waals surface area contributed by atoms with Crippen LogP contribution in [0.5, 0.6) is 5.75 Å². The van der Waals surface area contributed by atoms with Crippen LogP contribution in [-0.2, 0) is 0 Å². The number of benzene rings is 4. The fraction of sp³-hybridized carbons (Fsp3) is 0.0909. The first kappa shape index (κ1) is 19.5. The van der Waals surface area contributed by atoms with Gasteiger partial charge in [-0.3, -0.25) is 0 Å². The third-order valence-electron chi connectivity index (χ3n) is 4.62. The molecule has 0 saturated carbocycles. The molecule has 0 heterocycles. The van der Waals surface area contributed by atoms with Gasteiger partial charge in [0.2, 0.25) is 0 Å². The molecular formula is C22H13F5OS. The number of alkyl halides is 5. The molecule has 0 atom stereocenters. The fourth-order valence-electron chi connectivity index (χ4n) is 3.31. The van der Waals surface area contributed by atoms with Crippen LogP contribution in [0, 0.1) is 0 Å². The Morgan fingerprint density at radius 2 is 1.14 bits per heavy atom. The Hall–Kier alpha value is -2.80. The zero-order valence-electron chi connectivity index (χ0n) is 14.7. The summed E-state index contributed by atoms with van der Waals surface area (Å²) in [5.74, 6) is -0.572. The molecule has 7 heteroatoms. The molecule has 0 N–H and O–H groups in total. The maximum absolute atomic E-state index is 13.8. The van der Waals surface area contributed by atoms with Crippen molar-refractivity contribution in [1.82, 2.24) is 0 Å². The van der Waals surface area contributed by atoms with Crippen LogP contribution in [0.1, 0.15) is 0 Å². The molecule has 4 aromatic rings. The minimum Gasteiger partial charge on any atom is -0.425 e. The van der Waals surface area contributed by atoms with Crippen LogP contribution in [-0.4, -0.2) is 12.3 Å². The van der Waals surface area contributed by atoms with E-state index in [2.05, 4.69) is 17.4 Å². The van der Waals surface area contributed by atoms with Gasteiger partial charge in [0, 0.05) is 16.0 Å². The van der Waals surface area contributed by atoms with E-state index in [1.165, 1.54) is 6.07 Å². The first-order valence-electron chi connectivity index (χ1n) is 8.55. The van der Waals surface area contributed by atoms with E-state index in [4.69, 9.17) is 0 Å². The first-order valence-corrected chi connectivity index (χ1v) is 9.00. The van der Waals surface area contributed by atoms with E-state index in [-0.39, 0.29) is 5.56 Å². The lowest BCUT2D eigenvalue weighted by Gasteiger charge is -2.23. The third kappa shape index (κ3) is 3.40. The Labute approximate surface area is 168 Å². The topological polar surface area (TPSA) is 9.23 Å². The molecule has 0 saturated heterocycles. The summed E-state index contributed by atoms with van der Waals surface area (Å²) in [6, 6.07) is 20.0. The van der Waals surface area contributed by atoms with Gasteiger partial charge in [-0.25, -0.2) is 0 Å². The molecule has 0 fully saturated rings. The van der Waals surface area contributed by atoms with Crippen LogP contribution in [0.3, 0.4) is 0 Å². The van der Waals surface area contributed by atoms with Crippen LogP contribution >= 0.6 is 12.6 Å². The largest absolute Gasteiger partial charge is 0.499 e. The van der Waals surface area contributed by atoms with Gasteiger partial charge in [0.15, 0.2) is 0 Å². The van der Waals surface area contributed by atoms with Crippen molar-refractivity contribution in [3.63, 3.8) is 0 Å². The summed E-state index contributed by atoms with van der Waals surface area (Å²) in [4.78, 5) is 0.431. The Bertz CT molecular complexity index is 1220. The van der Waals surface area contributed by atoms with Gasteiger partial charge in [0.1, 0.15) is 5.75 Å². The van der Waals surface area contributed by atoms with Crippen LogP contribution in [0.4, 0.5) is 22.0 Å². The third-order valence-corrected chi connectivity index (χ3v) is 4.99. The average molecular weight is 420 g/mol. The minimum atomic E-state index is -5.85. The molecule has 0 unspecified atom stereocenters. The van der Waals surface area contributed by atoms with Gasteiger partial charge in [-0.1, -0.05) is 60.7 Å². The second-order valence-electron chi connectivity index (χ2n) is 6.46. The normalized spacial score (nSPS) is 12.5. The summed E-state index contributed by atoms with van der Waals surface area (Å²) in [6.45, 7) is 0. The van der Waals surface area contributed by atoms with Crippen LogP contribution in [0.25, 0.3) is 32.7 Å². The quantitative estimate of drug-likeness (QED) is 0.267. The van der Waals surface area contributed by atoms with E-state index in [9.17, 15) is 22.0 Å². The van der Waals surface area contributed by atoms with E-state index in [1.54, 1.807) is 48.5 Å². The predicted octanol–water partition coefficient (Wildman–Crippen LogP) is 7.48. The number of fused-ring (bicyclic) bond motifs is 2. The van der Waals surface area contributed by atoms with Gasteiger partial charge in [0.25, 0.3) is 0 Å². The average Bonchev–Trinajstić information content (AvgIpc) is 2.67. The van der Waals surface area contributed by atoms with E-state index < -0.39 is 18.0 Å². The Balaban J connectivity index is 2.08. The maximum atomic E-state index is 13.8. The second kappa shape index (κ2) is 6.91. The summed E-state index contributed by atoms with van der Waals surface area (Å²) in [5, 5.41) is 2.61. The standard InChI is InChI=1S/C22H13F5OS/c23-21(24,25)22(26,27)28-17-11-9-13-5-1-3-7-15(13)19(17)20-16-8-4-2-6-14(16)10-12-18(20)29/h1-12,29H. The van der Waals surface area contributed by atoms with Gasteiger partial charge in [-0.15, -0.1) is 12.6 Å². The predicted molar refractivity (Wildman–Crippen MR) is 106 cm³/mol. The summed E-state index contributed by atoms with van der Waals surface area (Å²) in [6.07, 6.45) is -11.2. The molecule has 0 spiro atoms. The molecule has 0 bridgehead atoms. The molecule has 4 aromatic carbocycles. The molecule has 0 aliphatic rings. The summed E-state index contributed by atoms with van der Waals surface area (Å²) in [7, 11) is 0. The zero-order valence-corrected chi connectivity index (χ0v) is 15.6. The monoisotopic (exact) mass is 420 g/mol. The molecule has 1 nitrogen and oxygen atoms in total. The summed E-state index contributed by atoms with van der Waals surface area (Å²) in [5.41, 5.74) is 0.560. The van der Waals surface area contributed by atoms with E-state index >= 15 is 0 Å². The lowest BCUT2D eigenvalue weighted by molar-refractivity contribution is -0.360. The molecule has 4 rings (SSSR count). The number of rotatable bonds is 3. The van der Waals surface area contributed by atoms with Gasteiger partial charge < -0.3 is 4.74 Å². The maximum Gasteiger partial charge on any atom is 0.499 e. The van der Waals surface area contributed by atoms with E-state index in [0.29, 0.717) is 26.6 Å². The van der Waals surface area contributed by atoms with Crippen molar-refractivity contribution in [2.24, 2.45) is 0 Å². The first-order chi connectivity index (χ1) is 13.7. The van der Waals surface area contributed by atoms with Crippen LogP contribution in [0.15, 0.2) is 77.7 Å². The van der Waals surface area contributed by atoms with E-state index in [0.717, 1.165) is 11.5 Å². The Morgan fingerprint density at radius 3 is 1.72 bits per heavy atom. The van der Waals surface area contributed by atoms with Crippen molar-refractivity contribution >= 4 is 34.2 Å². The van der Waals surface area contributed by atoms with Crippen LogP contribution < -0.4 is 4.74 Å². The number of halogens is 5. The fourth-order valence-corrected chi connectivity index (χ4v) is 3.62. The second-order valence-corrected chi connectivity index (χ2v) is 6.94. The number of thiol groups is 1. The highest BCUT2D eigenvalue weighted by molar-refractivity contribution is 7.80. The van der Waals surface area contributed by atoms with Gasteiger partial charge in [-0.05, 0) is 33.7 Å². The van der Waals surface area contributed by atoms with Crippen molar-refractivity contribution in [2.45, 2.75) is 17.2 Å².